The molecule has 1 aliphatic rings. The van der Waals surface area contributed by atoms with Crippen LogP contribution in [-0.2, 0) is 14.3 Å². The predicted octanol–water partition coefficient (Wildman–Crippen LogP) is 1.76. The Balaban J connectivity index is 1.60. The molecule has 1 atom stereocenters. The Bertz CT molecular complexity index is 398. The Morgan fingerprint density at radius 1 is 1.37 bits per heavy atom. The number of hydrogen-bond acceptors (Lipinski definition) is 5. The third kappa shape index (κ3) is 4.79. The summed E-state index contributed by atoms with van der Waals surface area (Å²) in [5.41, 5.74) is 6.21. The highest BCUT2D eigenvalue weighted by Gasteiger charge is 2.15. The Labute approximate surface area is 112 Å². The Morgan fingerprint density at radius 3 is 2.84 bits per heavy atom. The second-order valence-electron chi connectivity index (χ2n) is 4.50. The first-order valence-corrected chi connectivity index (χ1v) is 6.49. The van der Waals surface area contributed by atoms with Crippen LogP contribution in [0.1, 0.15) is 19.3 Å². The van der Waals surface area contributed by atoms with Crippen LogP contribution < -0.4 is 10.5 Å². The summed E-state index contributed by atoms with van der Waals surface area (Å²) in [6, 6.07) is 6.88. The summed E-state index contributed by atoms with van der Waals surface area (Å²) in [5.74, 6) is 0.236. The minimum absolute atomic E-state index is 0.0879. The number of ether oxygens (including phenoxy) is 3. The van der Waals surface area contributed by atoms with E-state index in [0.717, 1.165) is 25.9 Å². The third-order valence-electron chi connectivity index (χ3n) is 2.96. The molecule has 0 aliphatic carbocycles. The normalized spacial score (nSPS) is 18.2. The van der Waals surface area contributed by atoms with E-state index in [1.807, 2.05) is 0 Å². The van der Waals surface area contributed by atoms with Gasteiger partial charge in [0.1, 0.15) is 5.75 Å². The molecule has 104 valence electrons. The molecule has 0 radical (unpaired) electrons. The molecule has 2 N–H and O–H groups in total. The average Bonchev–Trinajstić information content (AvgIpc) is 2.91. The fourth-order valence-corrected chi connectivity index (χ4v) is 1.92. The lowest BCUT2D eigenvalue weighted by atomic mass is 10.2. The lowest BCUT2D eigenvalue weighted by molar-refractivity contribution is -0.146. The highest BCUT2D eigenvalue weighted by molar-refractivity contribution is 5.71. The molecule has 1 saturated heterocycles. The van der Waals surface area contributed by atoms with Crippen molar-refractivity contribution in [2.45, 2.75) is 25.4 Å². The summed E-state index contributed by atoms with van der Waals surface area (Å²) in [4.78, 5) is 11.4. The summed E-state index contributed by atoms with van der Waals surface area (Å²) >= 11 is 0. The van der Waals surface area contributed by atoms with Crippen molar-refractivity contribution in [2.24, 2.45) is 0 Å². The molecule has 5 heteroatoms. The molecule has 1 aliphatic heterocycles. The number of nitrogens with two attached hydrogens (primary N) is 1. The molecule has 19 heavy (non-hydrogen) atoms. The first-order chi connectivity index (χ1) is 9.24. The van der Waals surface area contributed by atoms with Gasteiger partial charge in [0.25, 0.3) is 0 Å². The van der Waals surface area contributed by atoms with Crippen LogP contribution in [0.15, 0.2) is 24.3 Å². The van der Waals surface area contributed by atoms with Gasteiger partial charge in [-0.25, -0.2) is 4.79 Å². The molecule has 1 heterocycles. The topological polar surface area (TPSA) is 70.8 Å². The van der Waals surface area contributed by atoms with Crippen molar-refractivity contribution < 1.29 is 19.0 Å². The van der Waals surface area contributed by atoms with Crippen molar-refractivity contribution in [1.82, 2.24) is 0 Å². The summed E-state index contributed by atoms with van der Waals surface area (Å²) in [7, 11) is 0. The van der Waals surface area contributed by atoms with Gasteiger partial charge in [0.15, 0.2) is 6.61 Å². The Morgan fingerprint density at radius 2 is 2.16 bits per heavy atom. The Kier molecular flexibility index (Phi) is 5.03. The van der Waals surface area contributed by atoms with Gasteiger partial charge < -0.3 is 19.9 Å². The van der Waals surface area contributed by atoms with Gasteiger partial charge in [-0.3, -0.25) is 0 Å². The molecular weight excluding hydrogens is 246 g/mol. The zero-order valence-electron chi connectivity index (χ0n) is 10.8. The third-order valence-corrected chi connectivity index (χ3v) is 2.96. The maximum absolute atomic E-state index is 11.4. The molecule has 2 rings (SSSR count). The molecule has 0 spiro atoms. The summed E-state index contributed by atoms with van der Waals surface area (Å²) in [6.07, 6.45) is 3.15. The molecule has 0 amide bonds. The maximum atomic E-state index is 11.4. The van der Waals surface area contributed by atoms with Crippen molar-refractivity contribution in [2.75, 3.05) is 25.6 Å². The summed E-state index contributed by atoms with van der Waals surface area (Å²) in [5, 5.41) is 0. The Hall–Kier alpha value is -1.75. The lowest BCUT2D eigenvalue weighted by Gasteiger charge is -2.10. The van der Waals surface area contributed by atoms with Crippen LogP contribution in [0.5, 0.6) is 5.75 Å². The molecular formula is C14H19NO4. The fraction of sp³-hybridized carbons (Fsp3) is 0.500. The minimum Gasteiger partial charge on any atom is -0.482 e. The quantitative estimate of drug-likeness (QED) is 0.627. The second kappa shape index (κ2) is 6.99. The highest BCUT2D eigenvalue weighted by atomic mass is 16.6. The van der Waals surface area contributed by atoms with Gasteiger partial charge in [-0.1, -0.05) is 0 Å². The molecule has 0 bridgehead atoms. The molecule has 5 nitrogen and oxygen atoms in total. The van der Waals surface area contributed by atoms with Crippen molar-refractivity contribution in [1.29, 1.82) is 0 Å². The van der Waals surface area contributed by atoms with E-state index in [2.05, 4.69) is 0 Å². The number of esters is 1. The average molecular weight is 265 g/mol. The van der Waals surface area contributed by atoms with E-state index in [1.54, 1.807) is 24.3 Å². The van der Waals surface area contributed by atoms with E-state index in [9.17, 15) is 4.79 Å². The number of nitrogen functional groups attached to an aromatic ring is 1. The van der Waals surface area contributed by atoms with E-state index in [1.165, 1.54) is 0 Å². The second-order valence-corrected chi connectivity index (χ2v) is 4.50. The SMILES string of the molecule is Nc1ccc(OCC(=O)OCCC2CCCO2)cc1. The number of anilines is 1. The smallest absolute Gasteiger partial charge is 0.344 e. The first-order valence-electron chi connectivity index (χ1n) is 6.49. The number of hydrogen-bond donors (Lipinski definition) is 1. The van der Waals surface area contributed by atoms with E-state index in [4.69, 9.17) is 19.9 Å². The number of carbonyl (C=O) groups excluding carboxylic acids is 1. The zero-order valence-corrected chi connectivity index (χ0v) is 10.8. The van der Waals surface area contributed by atoms with Crippen LogP contribution in [0.25, 0.3) is 0 Å². The summed E-state index contributed by atoms with van der Waals surface area (Å²) < 4.78 is 15.8. The van der Waals surface area contributed by atoms with Gasteiger partial charge in [0, 0.05) is 18.7 Å². The van der Waals surface area contributed by atoms with Crippen LogP contribution in [-0.4, -0.2) is 31.9 Å². The van der Waals surface area contributed by atoms with Gasteiger partial charge in [-0.05, 0) is 37.1 Å². The van der Waals surface area contributed by atoms with Crippen molar-refractivity contribution in [3.8, 4) is 5.75 Å². The summed E-state index contributed by atoms with van der Waals surface area (Å²) in [6.45, 7) is 1.11. The molecule has 0 saturated carbocycles. The first kappa shape index (κ1) is 13.7. The molecule has 1 aromatic rings. The fourth-order valence-electron chi connectivity index (χ4n) is 1.92. The number of rotatable bonds is 6. The van der Waals surface area contributed by atoms with Gasteiger partial charge in [-0.2, -0.15) is 0 Å². The number of carbonyl (C=O) groups is 1. The molecule has 1 fully saturated rings. The molecule has 1 unspecified atom stereocenters. The van der Waals surface area contributed by atoms with Crippen LogP contribution in [0.4, 0.5) is 5.69 Å². The lowest BCUT2D eigenvalue weighted by Crippen LogP contribution is -2.18. The van der Waals surface area contributed by atoms with Crippen molar-refractivity contribution in [3.05, 3.63) is 24.3 Å². The van der Waals surface area contributed by atoms with E-state index >= 15 is 0 Å². The van der Waals surface area contributed by atoms with Gasteiger partial charge in [0.05, 0.1) is 12.7 Å². The highest BCUT2D eigenvalue weighted by Crippen LogP contribution is 2.15. The standard InChI is InChI=1S/C14H19NO4/c15-11-3-5-13(6-4-11)19-10-14(16)18-9-7-12-2-1-8-17-12/h3-6,12H,1-2,7-10,15H2. The van der Waals surface area contributed by atoms with Gasteiger partial charge >= 0.3 is 5.97 Å². The van der Waals surface area contributed by atoms with E-state index in [0.29, 0.717) is 18.0 Å². The molecule has 0 aromatic heterocycles. The van der Waals surface area contributed by atoms with Crippen LogP contribution in [0, 0.1) is 0 Å². The van der Waals surface area contributed by atoms with Crippen LogP contribution in [0.3, 0.4) is 0 Å². The van der Waals surface area contributed by atoms with Crippen LogP contribution in [0.2, 0.25) is 0 Å². The van der Waals surface area contributed by atoms with Crippen molar-refractivity contribution >= 4 is 11.7 Å². The van der Waals surface area contributed by atoms with Gasteiger partial charge in [0.2, 0.25) is 0 Å². The van der Waals surface area contributed by atoms with Crippen molar-refractivity contribution in [3.63, 3.8) is 0 Å². The zero-order chi connectivity index (χ0) is 13.5. The van der Waals surface area contributed by atoms with E-state index < -0.39 is 0 Å². The maximum Gasteiger partial charge on any atom is 0.344 e. The largest absolute Gasteiger partial charge is 0.482 e. The van der Waals surface area contributed by atoms with Crippen LogP contribution >= 0.6 is 0 Å². The van der Waals surface area contributed by atoms with Gasteiger partial charge in [-0.15, -0.1) is 0 Å². The minimum atomic E-state index is -0.366. The number of benzene rings is 1. The predicted molar refractivity (Wildman–Crippen MR) is 70.9 cm³/mol. The molecule has 1 aromatic carbocycles. The monoisotopic (exact) mass is 265 g/mol. The van der Waals surface area contributed by atoms with E-state index in [-0.39, 0.29) is 18.7 Å².